The summed E-state index contributed by atoms with van der Waals surface area (Å²) in [4.78, 5) is 0. The summed E-state index contributed by atoms with van der Waals surface area (Å²) >= 11 is 0. The summed E-state index contributed by atoms with van der Waals surface area (Å²) in [6.07, 6.45) is 0. The first-order valence-corrected chi connectivity index (χ1v) is 6.39. The lowest BCUT2D eigenvalue weighted by molar-refractivity contribution is -0.109. The van der Waals surface area contributed by atoms with Gasteiger partial charge in [0, 0.05) is 0 Å². The van der Waals surface area contributed by atoms with Crippen LogP contribution < -0.4 is 5.32 Å². The number of nitrogens with one attached hydrogen (secondary N) is 1. The first-order valence-electron chi connectivity index (χ1n) is 6.39. The Morgan fingerprint density at radius 2 is 2.06 bits per heavy atom. The zero-order chi connectivity index (χ0) is 12.5. The highest BCUT2D eigenvalue weighted by molar-refractivity contribution is 5.22. The average molecular weight is 237 g/mol. The van der Waals surface area contributed by atoms with Gasteiger partial charge < -0.3 is 14.5 Å². The second-order valence-corrected chi connectivity index (χ2v) is 5.47. The highest BCUT2D eigenvalue weighted by atomic mass is 16.5. The van der Waals surface area contributed by atoms with Crippen molar-refractivity contribution in [3.63, 3.8) is 0 Å². The summed E-state index contributed by atoms with van der Waals surface area (Å²) in [5.41, 5.74) is 0.0748. The fraction of sp³-hybridized carbons (Fsp3) is 0.714. The Kier molecular flexibility index (Phi) is 3.59. The zero-order valence-corrected chi connectivity index (χ0v) is 11.2. The third-order valence-electron chi connectivity index (χ3n) is 3.89. The van der Waals surface area contributed by atoms with Crippen LogP contribution in [0.5, 0.6) is 0 Å². The van der Waals surface area contributed by atoms with E-state index in [0.717, 1.165) is 31.3 Å². The van der Waals surface area contributed by atoms with Crippen LogP contribution in [-0.4, -0.2) is 26.8 Å². The van der Waals surface area contributed by atoms with Crippen molar-refractivity contribution < 1.29 is 9.15 Å². The van der Waals surface area contributed by atoms with E-state index in [-0.39, 0.29) is 5.41 Å². The predicted octanol–water partition coefficient (Wildman–Crippen LogP) is 2.35. The van der Waals surface area contributed by atoms with E-state index in [1.54, 1.807) is 0 Å². The molecule has 2 heterocycles. The van der Waals surface area contributed by atoms with Crippen LogP contribution in [0.2, 0.25) is 0 Å². The van der Waals surface area contributed by atoms with Crippen LogP contribution in [0.4, 0.5) is 0 Å². The number of hydrogen-bond donors (Lipinski definition) is 1. The minimum Gasteiger partial charge on any atom is -0.466 e. The molecule has 0 amide bonds. The molecule has 0 aliphatic carbocycles. The summed E-state index contributed by atoms with van der Waals surface area (Å²) in [6, 6.07) is 4.16. The Labute approximate surface area is 104 Å². The summed E-state index contributed by atoms with van der Waals surface area (Å²) < 4.78 is 11.4. The number of ether oxygens (including phenoxy) is 1. The molecular formula is C14H23NO2. The molecule has 0 spiro atoms. The van der Waals surface area contributed by atoms with Gasteiger partial charge in [-0.2, -0.15) is 0 Å². The second kappa shape index (κ2) is 4.83. The van der Waals surface area contributed by atoms with Crippen LogP contribution in [0.1, 0.15) is 25.4 Å². The Morgan fingerprint density at radius 1 is 1.35 bits per heavy atom. The van der Waals surface area contributed by atoms with E-state index in [4.69, 9.17) is 9.15 Å². The lowest BCUT2D eigenvalue weighted by Gasteiger charge is -2.47. The molecule has 0 saturated carbocycles. The van der Waals surface area contributed by atoms with Gasteiger partial charge in [-0.1, -0.05) is 13.8 Å². The molecule has 1 saturated heterocycles. The summed E-state index contributed by atoms with van der Waals surface area (Å²) in [6.45, 7) is 9.12. The minimum atomic E-state index is 0.0748. The first-order chi connectivity index (χ1) is 8.10. The smallest absolute Gasteiger partial charge is 0.115 e. The Hall–Kier alpha value is -0.800. The maximum Gasteiger partial charge on any atom is 0.115 e. The van der Waals surface area contributed by atoms with Crippen molar-refractivity contribution in [2.45, 2.75) is 26.2 Å². The van der Waals surface area contributed by atoms with Gasteiger partial charge in [-0.25, -0.2) is 0 Å². The van der Waals surface area contributed by atoms with Gasteiger partial charge >= 0.3 is 0 Å². The molecule has 1 unspecified atom stereocenters. The highest BCUT2D eigenvalue weighted by Crippen LogP contribution is 2.43. The van der Waals surface area contributed by atoms with Crippen LogP contribution in [0.25, 0.3) is 0 Å². The molecule has 2 rings (SSSR count). The van der Waals surface area contributed by atoms with Gasteiger partial charge in [0.15, 0.2) is 0 Å². The van der Waals surface area contributed by atoms with Crippen LogP contribution >= 0.6 is 0 Å². The topological polar surface area (TPSA) is 34.4 Å². The van der Waals surface area contributed by atoms with Crippen molar-refractivity contribution in [2.24, 2.45) is 11.8 Å². The summed E-state index contributed by atoms with van der Waals surface area (Å²) in [7, 11) is 2.01. The van der Waals surface area contributed by atoms with Crippen molar-refractivity contribution in [1.29, 1.82) is 0 Å². The predicted molar refractivity (Wildman–Crippen MR) is 68.2 cm³/mol. The molecule has 3 nitrogen and oxygen atoms in total. The fourth-order valence-corrected chi connectivity index (χ4v) is 2.85. The molecule has 1 aliphatic rings. The number of rotatable bonds is 5. The molecule has 1 aromatic heterocycles. The Balaban J connectivity index is 2.29. The molecule has 17 heavy (non-hydrogen) atoms. The summed E-state index contributed by atoms with van der Waals surface area (Å²) in [5.74, 6) is 3.23. The molecule has 3 heteroatoms. The van der Waals surface area contributed by atoms with E-state index in [0.29, 0.717) is 11.8 Å². The SMILES string of the molecule is CNCC(C(C)C)C1(c2ccc(C)o2)COC1. The van der Waals surface area contributed by atoms with E-state index >= 15 is 0 Å². The maximum atomic E-state index is 5.86. The molecule has 0 bridgehead atoms. The average Bonchev–Trinajstić information content (AvgIpc) is 2.62. The monoisotopic (exact) mass is 237 g/mol. The number of hydrogen-bond acceptors (Lipinski definition) is 3. The first kappa shape index (κ1) is 12.7. The Bertz CT molecular complexity index is 366. The van der Waals surface area contributed by atoms with Gasteiger partial charge in [0.1, 0.15) is 11.5 Å². The normalized spacial score (nSPS) is 20.3. The molecule has 96 valence electrons. The molecule has 1 fully saturated rings. The van der Waals surface area contributed by atoms with Gasteiger partial charge in [-0.3, -0.25) is 0 Å². The molecule has 1 aliphatic heterocycles. The van der Waals surface area contributed by atoms with Crippen LogP contribution in [-0.2, 0) is 10.2 Å². The minimum absolute atomic E-state index is 0.0748. The van der Waals surface area contributed by atoms with Gasteiger partial charge in [0.2, 0.25) is 0 Å². The van der Waals surface area contributed by atoms with Gasteiger partial charge in [0.25, 0.3) is 0 Å². The van der Waals surface area contributed by atoms with Crippen LogP contribution in [0, 0.1) is 18.8 Å². The molecule has 1 aromatic rings. The molecule has 1 atom stereocenters. The van der Waals surface area contributed by atoms with Crippen molar-refractivity contribution >= 4 is 0 Å². The summed E-state index contributed by atoms with van der Waals surface area (Å²) in [5, 5.41) is 3.30. The van der Waals surface area contributed by atoms with E-state index < -0.39 is 0 Å². The van der Waals surface area contributed by atoms with Crippen molar-refractivity contribution in [3.8, 4) is 0 Å². The van der Waals surface area contributed by atoms with Gasteiger partial charge in [-0.05, 0) is 44.5 Å². The van der Waals surface area contributed by atoms with E-state index in [1.165, 1.54) is 0 Å². The Morgan fingerprint density at radius 3 is 2.41 bits per heavy atom. The maximum absolute atomic E-state index is 5.86. The van der Waals surface area contributed by atoms with Gasteiger partial charge in [-0.15, -0.1) is 0 Å². The van der Waals surface area contributed by atoms with Gasteiger partial charge in [0.05, 0.1) is 18.6 Å². The standard InChI is InChI=1S/C14H23NO2/c1-10(2)12(7-15-4)14(8-16-9-14)13-6-5-11(3)17-13/h5-6,10,12,15H,7-9H2,1-4H3. The van der Waals surface area contributed by atoms with Crippen LogP contribution in [0.3, 0.4) is 0 Å². The number of furan rings is 1. The molecule has 0 aromatic carbocycles. The third-order valence-corrected chi connectivity index (χ3v) is 3.89. The lowest BCUT2D eigenvalue weighted by atomic mass is 9.67. The van der Waals surface area contributed by atoms with E-state index in [1.807, 2.05) is 20.0 Å². The van der Waals surface area contributed by atoms with E-state index in [2.05, 4.69) is 25.2 Å². The van der Waals surface area contributed by atoms with Crippen molar-refractivity contribution in [1.82, 2.24) is 5.32 Å². The zero-order valence-electron chi connectivity index (χ0n) is 11.2. The second-order valence-electron chi connectivity index (χ2n) is 5.47. The quantitative estimate of drug-likeness (QED) is 0.853. The third kappa shape index (κ3) is 2.14. The van der Waals surface area contributed by atoms with Crippen molar-refractivity contribution in [2.75, 3.05) is 26.8 Å². The molecule has 1 N–H and O–H groups in total. The molecular weight excluding hydrogens is 214 g/mol. The molecule has 0 radical (unpaired) electrons. The highest BCUT2D eigenvalue weighted by Gasteiger charge is 2.50. The van der Waals surface area contributed by atoms with Crippen LogP contribution in [0.15, 0.2) is 16.5 Å². The van der Waals surface area contributed by atoms with Crippen molar-refractivity contribution in [3.05, 3.63) is 23.7 Å². The number of aryl methyl sites for hydroxylation is 1. The largest absolute Gasteiger partial charge is 0.466 e. The van der Waals surface area contributed by atoms with E-state index in [9.17, 15) is 0 Å². The lowest BCUT2D eigenvalue weighted by Crippen LogP contribution is -2.56. The fourth-order valence-electron chi connectivity index (χ4n) is 2.85.